The van der Waals surface area contributed by atoms with E-state index in [-0.39, 0.29) is 11.8 Å². The van der Waals surface area contributed by atoms with Gasteiger partial charge >= 0.3 is 0 Å². The molecule has 1 saturated heterocycles. The molecule has 0 aromatic heterocycles. The highest BCUT2D eigenvalue weighted by molar-refractivity contribution is 6.35. The van der Waals surface area contributed by atoms with Gasteiger partial charge in [0.25, 0.3) is 5.91 Å². The van der Waals surface area contributed by atoms with Gasteiger partial charge in [0, 0.05) is 28.7 Å². The van der Waals surface area contributed by atoms with Crippen molar-refractivity contribution >= 4 is 35.0 Å². The number of hydrogen-bond acceptors (Lipinski definition) is 3. The number of rotatable bonds is 6. The van der Waals surface area contributed by atoms with Gasteiger partial charge in [-0.2, -0.15) is 0 Å². The van der Waals surface area contributed by atoms with Crippen LogP contribution >= 0.6 is 23.2 Å². The number of likely N-dealkylation sites (tertiary alicyclic amines) is 1. The van der Waals surface area contributed by atoms with Crippen molar-refractivity contribution in [3.8, 4) is 0 Å². The third-order valence-corrected chi connectivity index (χ3v) is 6.66. The van der Waals surface area contributed by atoms with Gasteiger partial charge in [-0.05, 0) is 68.7 Å². The minimum absolute atomic E-state index is 0.0113. The highest BCUT2D eigenvalue weighted by Crippen LogP contribution is 2.46. The van der Waals surface area contributed by atoms with Crippen molar-refractivity contribution in [3.05, 3.63) is 33.8 Å². The summed E-state index contributed by atoms with van der Waals surface area (Å²) in [6.45, 7) is 2.03. The Balaban J connectivity index is 1.65. The maximum Gasteiger partial charge on any atom is 0.252 e. The van der Waals surface area contributed by atoms with Gasteiger partial charge in [-0.25, -0.2) is 0 Å². The maximum absolute atomic E-state index is 13.1. The highest BCUT2D eigenvalue weighted by atomic mass is 35.5. The number of halogens is 2. The first-order valence-electron chi connectivity index (χ1n) is 10.2. The number of nitrogens with two attached hydrogens (primary N) is 1. The van der Waals surface area contributed by atoms with E-state index >= 15 is 0 Å². The number of nitrogens with zero attached hydrogens (tertiary/aromatic N) is 1. The first kappa shape index (κ1) is 21.4. The van der Waals surface area contributed by atoms with Crippen LogP contribution in [0.25, 0.3) is 0 Å². The van der Waals surface area contributed by atoms with Crippen molar-refractivity contribution in [3.63, 3.8) is 0 Å². The van der Waals surface area contributed by atoms with Crippen LogP contribution in [-0.2, 0) is 4.79 Å². The van der Waals surface area contributed by atoms with Gasteiger partial charge in [-0.1, -0.05) is 36.0 Å². The predicted octanol–water partition coefficient (Wildman–Crippen LogP) is 4.01. The molecule has 1 aromatic rings. The van der Waals surface area contributed by atoms with Gasteiger partial charge < -0.3 is 16.0 Å². The molecule has 0 radical (unpaired) electrons. The molecular weight excluding hydrogens is 397 g/mol. The Morgan fingerprint density at radius 1 is 1.07 bits per heavy atom. The van der Waals surface area contributed by atoms with E-state index in [1.54, 1.807) is 18.2 Å². The molecule has 1 aromatic carbocycles. The van der Waals surface area contributed by atoms with E-state index < -0.39 is 6.04 Å². The molecule has 28 heavy (non-hydrogen) atoms. The first-order valence-corrected chi connectivity index (χ1v) is 10.9. The molecule has 1 aliphatic carbocycles. The van der Waals surface area contributed by atoms with Crippen molar-refractivity contribution < 1.29 is 9.59 Å². The Bertz CT molecular complexity index is 689. The van der Waals surface area contributed by atoms with Crippen LogP contribution in [0.4, 0.5) is 0 Å². The molecule has 1 unspecified atom stereocenters. The van der Waals surface area contributed by atoms with Gasteiger partial charge in [0.1, 0.15) is 6.04 Å². The van der Waals surface area contributed by atoms with Crippen LogP contribution in [0.3, 0.4) is 0 Å². The Kier molecular flexibility index (Phi) is 7.24. The smallest absolute Gasteiger partial charge is 0.252 e. The lowest BCUT2D eigenvalue weighted by Gasteiger charge is -2.40. The van der Waals surface area contributed by atoms with Crippen molar-refractivity contribution in [2.75, 3.05) is 19.6 Å². The lowest BCUT2D eigenvalue weighted by Crippen LogP contribution is -2.52. The minimum Gasteiger partial charge on any atom is -0.341 e. The van der Waals surface area contributed by atoms with E-state index in [0.29, 0.717) is 40.4 Å². The molecule has 3 N–H and O–H groups in total. The summed E-state index contributed by atoms with van der Waals surface area (Å²) in [4.78, 5) is 27.7. The zero-order chi connectivity index (χ0) is 20.1. The number of piperidine rings is 1. The second kappa shape index (κ2) is 9.47. The molecule has 1 atom stereocenters. The number of benzene rings is 1. The molecule has 7 heteroatoms. The number of nitrogens with one attached hydrogen (secondary N) is 1. The molecule has 0 bridgehead atoms. The van der Waals surface area contributed by atoms with Crippen molar-refractivity contribution in [2.45, 2.75) is 57.4 Å². The Hall–Kier alpha value is -1.30. The summed E-state index contributed by atoms with van der Waals surface area (Å²) >= 11 is 12.0. The number of carbonyl (C=O) groups is 2. The molecule has 2 fully saturated rings. The van der Waals surface area contributed by atoms with E-state index in [0.717, 1.165) is 25.9 Å². The Morgan fingerprint density at radius 3 is 2.25 bits per heavy atom. The molecular formula is C21H29Cl2N3O2. The van der Waals surface area contributed by atoms with Crippen LogP contribution in [0.1, 0.15) is 61.7 Å². The molecule has 1 saturated carbocycles. The Morgan fingerprint density at radius 2 is 1.68 bits per heavy atom. The monoisotopic (exact) mass is 425 g/mol. The van der Waals surface area contributed by atoms with Crippen LogP contribution in [0.5, 0.6) is 0 Å². The largest absolute Gasteiger partial charge is 0.341 e. The zero-order valence-electron chi connectivity index (χ0n) is 16.2. The molecule has 3 rings (SSSR count). The van der Waals surface area contributed by atoms with Gasteiger partial charge in [0.2, 0.25) is 5.91 Å². The van der Waals surface area contributed by atoms with Crippen molar-refractivity contribution in [2.24, 2.45) is 11.1 Å². The third-order valence-electron chi connectivity index (χ3n) is 6.23. The summed E-state index contributed by atoms with van der Waals surface area (Å²) in [7, 11) is 0. The number of carbonyl (C=O) groups excluding carboxylic acids is 2. The summed E-state index contributed by atoms with van der Waals surface area (Å²) in [6.07, 6.45) is 8.54. The summed E-state index contributed by atoms with van der Waals surface area (Å²) in [5.74, 6) is -0.355. The molecule has 5 nitrogen and oxygen atoms in total. The maximum atomic E-state index is 13.1. The quantitative estimate of drug-likeness (QED) is 0.722. The lowest BCUT2D eigenvalue weighted by molar-refractivity contribution is -0.135. The fourth-order valence-electron chi connectivity index (χ4n) is 4.55. The molecule has 1 spiro atoms. The van der Waals surface area contributed by atoms with Crippen LogP contribution in [0.2, 0.25) is 10.0 Å². The van der Waals surface area contributed by atoms with Crippen LogP contribution < -0.4 is 11.1 Å². The summed E-state index contributed by atoms with van der Waals surface area (Å²) in [6, 6.07) is 4.10. The van der Waals surface area contributed by atoms with Crippen LogP contribution in [0.15, 0.2) is 18.2 Å². The minimum atomic E-state index is -0.577. The molecule has 2 aliphatic rings. The van der Waals surface area contributed by atoms with Gasteiger partial charge in [-0.3, -0.25) is 9.59 Å². The fourth-order valence-corrected chi connectivity index (χ4v) is 5.08. The van der Waals surface area contributed by atoms with E-state index in [4.69, 9.17) is 28.9 Å². The van der Waals surface area contributed by atoms with Gasteiger partial charge in [0.15, 0.2) is 0 Å². The van der Waals surface area contributed by atoms with E-state index in [9.17, 15) is 9.59 Å². The van der Waals surface area contributed by atoms with Crippen LogP contribution in [0, 0.1) is 5.41 Å². The molecule has 154 valence electrons. The molecule has 1 aliphatic heterocycles. The topological polar surface area (TPSA) is 75.4 Å². The third kappa shape index (κ3) is 5.19. The second-order valence-electron chi connectivity index (χ2n) is 8.15. The van der Waals surface area contributed by atoms with E-state index in [1.165, 1.54) is 25.7 Å². The van der Waals surface area contributed by atoms with Gasteiger partial charge in [0.05, 0.1) is 0 Å². The summed E-state index contributed by atoms with van der Waals surface area (Å²) < 4.78 is 0. The predicted molar refractivity (Wildman–Crippen MR) is 113 cm³/mol. The molecule has 1 heterocycles. The average Bonchev–Trinajstić information content (AvgIpc) is 3.12. The fraction of sp³-hybridized carbons (Fsp3) is 0.619. The summed E-state index contributed by atoms with van der Waals surface area (Å²) in [5, 5.41) is 3.66. The highest BCUT2D eigenvalue weighted by Gasteiger charge is 2.39. The first-order chi connectivity index (χ1) is 13.4. The zero-order valence-corrected chi connectivity index (χ0v) is 17.7. The average molecular weight is 426 g/mol. The standard InChI is InChI=1S/C21H29Cl2N3O2/c22-16-12-15(13-17(23)14-16)19(27)25-18(4-3-9-24)20(28)26-10-7-21(8-11-26)5-1-2-6-21/h12-14,18H,1-11,24H2,(H,25,27). The van der Waals surface area contributed by atoms with Crippen LogP contribution in [-0.4, -0.2) is 42.4 Å². The normalized spacial score (nSPS) is 19.6. The molecule has 2 amide bonds. The van der Waals surface area contributed by atoms with E-state index in [2.05, 4.69) is 5.32 Å². The lowest BCUT2D eigenvalue weighted by atomic mass is 9.77. The van der Waals surface area contributed by atoms with Crippen molar-refractivity contribution in [1.82, 2.24) is 10.2 Å². The second-order valence-corrected chi connectivity index (χ2v) is 9.02. The summed E-state index contributed by atoms with van der Waals surface area (Å²) in [5.41, 5.74) is 6.45. The Labute approximate surface area is 176 Å². The van der Waals surface area contributed by atoms with Crippen molar-refractivity contribution in [1.29, 1.82) is 0 Å². The number of amides is 2. The van der Waals surface area contributed by atoms with Gasteiger partial charge in [-0.15, -0.1) is 0 Å². The number of hydrogen-bond donors (Lipinski definition) is 2. The van der Waals surface area contributed by atoms with E-state index in [1.807, 2.05) is 4.90 Å². The SMILES string of the molecule is NCCCC(NC(=O)c1cc(Cl)cc(Cl)c1)C(=O)N1CCC2(CCCC2)CC1.